The lowest BCUT2D eigenvalue weighted by Crippen LogP contribution is -2.07. The molecule has 0 amide bonds. The summed E-state index contributed by atoms with van der Waals surface area (Å²) in [4.78, 5) is 10.0. The van der Waals surface area contributed by atoms with E-state index in [4.69, 9.17) is 28.5 Å². The van der Waals surface area contributed by atoms with Gasteiger partial charge in [-0.2, -0.15) is 23.5 Å². The molecule has 0 bridgehead atoms. The molecule has 0 aliphatic heterocycles. The van der Waals surface area contributed by atoms with Crippen LogP contribution in [0.25, 0.3) is 0 Å². The molecule has 11 heteroatoms. The van der Waals surface area contributed by atoms with Crippen LogP contribution in [0.15, 0.2) is 41.5 Å². The Labute approximate surface area is 154 Å². The molecule has 0 heterocycles. The molecule has 0 saturated carbocycles. The molecule has 0 unspecified atom stereocenters. The molecule has 0 saturated heterocycles. The van der Waals surface area contributed by atoms with Crippen LogP contribution in [0.4, 0.5) is 24.5 Å². The molecule has 2 rings (SSSR count). The van der Waals surface area contributed by atoms with Gasteiger partial charge < -0.3 is 0 Å². The zero-order valence-electron chi connectivity index (χ0n) is 12.5. The van der Waals surface area contributed by atoms with Gasteiger partial charge in [0.15, 0.2) is 5.71 Å². The Balaban J connectivity index is 2.31. The summed E-state index contributed by atoms with van der Waals surface area (Å²) in [5, 5.41) is 23.4. The number of anilines is 1. The van der Waals surface area contributed by atoms with Crippen LogP contribution in [0.3, 0.4) is 0 Å². The lowest BCUT2D eigenvalue weighted by atomic mass is 10.1. The number of hydrogen-bond acceptors (Lipinski definition) is 5. The first-order valence-corrected chi connectivity index (χ1v) is 7.44. The summed E-state index contributed by atoms with van der Waals surface area (Å²) in [7, 11) is 0. The molecule has 26 heavy (non-hydrogen) atoms. The smallest absolute Gasteiger partial charge is 0.274 e. The number of hydrazone groups is 1. The largest absolute Gasteiger partial charge is 0.416 e. The van der Waals surface area contributed by atoms with Gasteiger partial charge in [-0.05, 0) is 12.1 Å². The molecule has 0 aromatic heterocycles. The number of nitro benzene ring substituents is 1. The Hall–Kier alpha value is -2.83. The van der Waals surface area contributed by atoms with Crippen molar-refractivity contribution < 1.29 is 18.1 Å². The van der Waals surface area contributed by atoms with Gasteiger partial charge in [0, 0.05) is 17.7 Å². The van der Waals surface area contributed by atoms with Crippen LogP contribution in [-0.4, -0.2) is 10.6 Å². The Bertz CT molecular complexity index is 899. The highest BCUT2D eigenvalue weighted by atomic mass is 35.5. The number of rotatable bonds is 4. The number of nitrogens with zero attached hydrogens (tertiary/aromatic N) is 3. The van der Waals surface area contributed by atoms with E-state index >= 15 is 0 Å². The minimum absolute atomic E-state index is 0.0126. The number of nitrogens with one attached hydrogen (secondary N) is 1. The third-order valence-corrected chi connectivity index (χ3v) is 3.70. The normalized spacial score (nSPS) is 11.8. The molecule has 0 spiro atoms. The topological polar surface area (TPSA) is 91.3 Å². The molecular weight excluding hydrogens is 396 g/mol. The van der Waals surface area contributed by atoms with Crippen molar-refractivity contribution in [2.24, 2.45) is 5.10 Å². The van der Waals surface area contributed by atoms with E-state index in [9.17, 15) is 23.3 Å². The van der Waals surface area contributed by atoms with E-state index in [2.05, 4.69) is 10.5 Å². The van der Waals surface area contributed by atoms with Crippen LogP contribution in [-0.2, 0) is 6.18 Å². The van der Waals surface area contributed by atoms with Crippen LogP contribution in [0.2, 0.25) is 10.0 Å². The van der Waals surface area contributed by atoms with E-state index in [0.717, 1.165) is 36.4 Å². The van der Waals surface area contributed by atoms with Crippen LogP contribution >= 0.6 is 23.2 Å². The number of alkyl halides is 3. The second kappa shape index (κ2) is 7.59. The highest BCUT2D eigenvalue weighted by Gasteiger charge is 2.30. The molecule has 2 aromatic rings. The minimum Gasteiger partial charge on any atom is -0.274 e. The standard InChI is InChI=1S/C15H7Cl2F3N4O2/c16-11-5-10(24(25)26)6-12(17)14(11)23-22-13(7-21)8-1-3-9(4-2-8)15(18,19)20/h1-6,23H/b22-13+. The van der Waals surface area contributed by atoms with E-state index in [-0.39, 0.29) is 32.7 Å². The van der Waals surface area contributed by atoms with Gasteiger partial charge in [-0.1, -0.05) is 35.3 Å². The molecule has 134 valence electrons. The average Bonchev–Trinajstić information content (AvgIpc) is 2.56. The Morgan fingerprint density at radius 2 is 1.73 bits per heavy atom. The predicted octanol–water partition coefficient (Wildman–Crippen LogP) is 5.26. The highest BCUT2D eigenvalue weighted by Crippen LogP contribution is 2.35. The maximum atomic E-state index is 12.6. The van der Waals surface area contributed by atoms with Crippen molar-refractivity contribution in [3.05, 3.63) is 67.7 Å². The van der Waals surface area contributed by atoms with Crippen molar-refractivity contribution >= 4 is 40.3 Å². The molecule has 6 nitrogen and oxygen atoms in total. The van der Waals surface area contributed by atoms with E-state index < -0.39 is 16.7 Å². The number of nitro groups is 1. The first-order chi connectivity index (χ1) is 12.1. The number of halogens is 5. The van der Waals surface area contributed by atoms with Gasteiger partial charge in [-0.25, -0.2) is 0 Å². The summed E-state index contributed by atoms with van der Waals surface area (Å²) < 4.78 is 37.7. The summed E-state index contributed by atoms with van der Waals surface area (Å²) in [6, 6.07) is 7.61. The average molecular weight is 403 g/mol. The summed E-state index contributed by atoms with van der Waals surface area (Å²) in [5.41, 5.74) is 1.10. The summed E-state index contributed by atoms with van der Waals surface area (Å²) in [6.45, 7) is 0. The molecule has 0 fully saturated rings. The van der Waals surface area contributed by atoms with Gasteiger partial charge in [0.05, 0.1) is 26.2 Å². The van der Waals surface area contributed by atoms with Crippen molar-refractivity contribution in [2.75, 3.05) is 5.43 Å². The summed E-state index contributed by atoms with van der Waals surface area (Å²) in [6.07, 6.45) is -4.50. The maximum absolute atomic E-state index is 12.6. The van der Waals surface area contributed by atoms with Gasteiger partial charge in [-0.3, -0.25) is 15.5 Å². The monoisotopic (exact) mass is 402 g/mol. The number of benzene rings is 2. The van der Waals surface area contributed by atoms with E-state index in [1.807, 2.05) is 0 Å². The van der Waals surface area contributed by atoms with Crippen molar-refractivity contribution in [1.82, 2.24) is 0 Å². The first kappa shape index (κ1) is 19.5. The zero-order chi connectivity index (χ0) is 19.5. The SMILES string of the molecule is N#C/C(=N\Nc1c(Cl)cc([N+](=O)[O-])cc1Cl)c1ccc(C(F)(F)F)cc1. The van der Waals surface area contributed by atoms with Crippen LogP contribution in [0.5, 0.6) is 0 Å². The molecule has 1 N–H and O–H groups in total. The number of non-ortho nitro benzene ring substituents is 1. The van der Waals surface area contributed by atoms with Crippen molar-refractivity contribution in [3.63, 3.8) is 0 Å². The number of hydrogen-bond donors (Lipinski definition) is 1. The Kier molecular flexibility index (Phi) is 5.69. The van der Waals surface area contributed by atoms with E-state index in [0.29, 0.717) is 0 Å². The lowest BCUT2D eigenvalue weighted by molar-refractivity contribution is -0.384. The highest BCUT2D eigenvalue weighted by molar-refractivity contribution is 6.39. The van der Waals surface area contributed by atoms with Crippen molar-refractivity contribution in [1.29, 1.82) is 5.26 Å². The maximum Gasteiger partial charge on any atom is 0.416 e. The quantitative estimate of drug-likeness (QED) is 0.428. The minimum atomic E-state index is -4.50. The lowest BCUT2D eigenvalue weighted by Gasteiger charge is -2.08. The predicted molar refractivity (Wildman–Crippen MR) is 90.3 cm³/mol. The van der Waals surface area contributed by atoms with E-state index in [1.54, 1.807) is 6.07 Å². The van der Waals surface area contributed by atoms with Gasteiger partial charge in [0.2, 0.25) is 0 Å². The van der Waals surface area contributed by atoms with Gasteiger partial charge in [0.25, 0.3) is 5.69 Å². The fourth-order valence-electron chi connectivity index (χ4n) is 1.85. The Morgan fingerprint density at radius 3 is 2.15 bits per heavy atom. The molecule has 2 aromatic carbocycles. The molecule has 0 aliphatic rings. The molecule has 0 aliphatic carbocycles. The fraction of sp³-hybridized carbons (Fsp3) is 0.0667. The van der Waals surface area contributed by atoms with Crippen LogP contribution < -0.4 is 5.43 Å². The summed E-state index contributed by atoms with van der Waals surface area (Å²) >= 11 is 11.8. The van der Waals surface area contributed by atoms with Gasteiger partial charge >= 0.3 is 6.18 Å². The number of nitriles is 1. The third kappa shape index (κ3) is 4.41. The molecule has 0 atom stereocenters. The fourth-order valence-corrected chi connectivity index (χ4v) is 2.42. The second-order valence-electron chi connectivity index (χ2n) is 4.80. The Morgan fingerprint density at radius 1 is 1.19 bits per heavy atom. The van der Waals surface area contributed by atoms with Crippen molar-refractivity contribution in [2.45, 2.75) is 6.18 Å². The second-order valence-corrected chi connectivity index (χ2v) is 5.62. The van der Waals surface area contributed by atoms with Gasteiger partial charge in [0.1, 0.15) is 6.07 Å². The van der Waals surface area contributed by atoms with Crippen molar-refractivity contribution in [3.8, 4) is 6.07 Å². The van der Waals surface area contributed by atoms with E-state index in [1.165, 1.54) is 0 Å². The van der Waals surface area contributed by atoms with Crippen LogP contribution in [0, 0.1) is 21.4 Å². The van der Waals surface area contributed by atoms with Crippen LogP contribution in [0.1, 0.15) is 11.1 Å². The third-order valence-electron chi connectivity index (χ3n) is 3.11. The molecular formula is C15H7Cl2F3N4O2. The summed E-state index contributed by atoms with van der Waals surface area (Å²) in [5.74, 6) is 0. The van der Waals surface area contributed by atoms with Gasteiger partial charge in [-0.15, -0.1) is 0 Å². The first-order valence-electron chi connectivity index (χ1n) is 6.68. The molecule has 0 radical (unpaired) electrons. The zero-order valence-corrected chi connectivity index (χ0v) is 14.0.